The highest BCUT2D eigenvalue weighted by Gasteiger charge is 2.25. The van der Waals surface area contributed by atoms with Crippen LogP contribution in [0.4, 0.5) is 5.69 Å². The lowest BCUT2D eigenvalue weighted by Gasteiger charge is -2.22. The first-order valence-corrected chi connectivity index (χ1v) is 11.5. The van der Waals surface area contributed by atoms with E-state index >= 15 is 0 Å². The Labute approximate surface area is 191 Å². The molecule has 1 aliphatic heterocycles. The predicted molar refractivity (Wildman–Crippen MR) is 122 cm³/mol. The number of benzene rings is 2. The van der Waals surface area contributed by atoms with Gasteiger partial charge in [-0.3, -0.25) is 9.59 Å². The second-order valence-corrected chi connectivity index (χ2v) is 9.25. The molecule has 1 aliphatic rings. The fourth-order valence-electron chi connectivity index (χ4n) is 3.42. The van der Waals surface area contributed by atoms with Crippen molar-refractivity contribution < 1.29 is 18.8 Å². The van der Waals surface area contributed by atoms with Crippen molar-refractivity contribution in [3.8, 4) is 11.4 Å². The number of rotatable bonds is 6. The van der Waals surface area contributed by atoms with E-state index in [1.807, 2.05) is 55.5 Å². The summed E-state index contributed by atoms with van der Waals surface area (Å²) in [6.07, 6.45) is 1.19. The van der Waals surface area contributed by atoms with Gasteiger partial charge in [0.15, 0.2) is 6.61 Å². The lowest BCUT2D eigenvalue weighted by atomic mass is 10.1. The Morgan fingerprint density at radius 2 is 1.97 bits per heavy atom. The molecule has 32 heavy (non-hydrogen) atoms. The van der Waals surface area contributed by atoms with E-state index in [0.29, 0.717) is 23.5 Å². The summed E-state index contributed by atoms with van der Waals surface area (Å²) < 4.78 is 10.5. The van der Waals surface area contributed by atoms with Gasteiger partial charge in [0.25, 0.3) is 5.91 Å². The van der Waals surface area contributed by atoms with Gasteiger partial charge in [0.05, 0.1) is 12.1 Å². The Morgan fingerprint density at radius 1 is 1.19 bits per heavy atom. The van der Waals surface area contributed by atoms with Gasteiger partial charge < -0.3 is 14.2 Å². The van der Waals surface area contributed by atoms with Crippen LogP contribution in [0.3, 0.4) is 0 Å². The van der Waals surface area contributed by atoms with Crippen molar-refractivity contribution in [1.29, 1.82) is 0 Å². The van der Waals surface area contributed by atoms with Crippen molar-refractivity contribution >= 4 is 29.3 Å². The van der Waals surface area contributed by atoms with Crippen LogP contribution < -0.4 is 4.90 Å². The van der Waals surface area contributed by atoms with E-state index in [-0.39, 0.29) is 25.4 Å². The number of carbonyl (C=O) groups is 2. The fourth-order valence-corrected chi connectivity index (χ4v) is 4.54. The zero-order chi connectivity index (χ0) is 22.5. The highest BCUT2D eigenvalue weighted by molar-refractivity contribution is 8.00. The number of hydrogen-bond donors (Lipinski definition) is 0. The van der Waals surface area contributed by atoms with Crippen LogP contribution in [0.2, 0.25) is 0 Å². The van der Waals surface area contributed by atoms with Crippen LogP contribution in [0, 0.1) is 6.92 Å². The van der Waals surface area contributed by atoms with E-state index in [2.05, 4.69) is 17.1 Å². The first-order chi connectivity index (χ1) is 15.5. The molecule has 166 valence electrons. The highest BCUT2D eigenvalue weighted by Crippen LogP contribution is 2.37. The molecule has 0 fully saturated rings. The molecule has 1 atom stereocenters. The average molecular weight is 452 g/mol. The number of fused-ring (bicyclic) bond motifs is 1. The smallest absolute Gasteiger partial charge is 0.306 e. The molecule has 0 spiro atoms. The van der Waals surface area contributed by atoms with Crippen molar-refractivity contribution in [2.24, 2.45) is 0 Å². The normalized spacial score (nSPS) is 15.7. The van der Waals surface area contributed by atoms with Crippen molar-refractivity contribution in [3.63, 3.8) is 0 Å². The maximum Gasteiger partial charge on any atom is 0.306 e. The zero-order valence-corrected chi connectivity index (χ0v) is 18.9. The first-order valence-electron chi connectivity index (χ1n) is 10.6. The number of ether oxygens (including phenoxy) is 1. The molecule has 2 heterocycles. The predicted octanol–water partition coefficient (Wildman–Crippen LogP) is 4.44. The van der Waals surface area contributed by atoms with E-state index in [1.54, 1.807) is 16.7 Å². The number of nitrogens with zero attached hydrogens (tertiary/aromatic N) is 3. The number of aromatic nitrogens is 2. The van der Waals surface area contributed by atoms with Gasteiger partial charge in [0, 0.05) is 28.7 Å². The van der Waals surface area contributed by atoms with Gasteiger partial charge in [-0.15, -0.1) is 11.8 Å². The van der Waals surface area contributed by atoms with E-state index in [4.69, 9.17) is 9.26 Å². The maximum atomic E-state index is 12.8. The van der Waals surface area contributed by atoms with Crippen LogP contribution in [0.5, 0.6) is 0 Å². The molecule has 3 aromatic rings. The van der Waals surface area contributed by atoms with E-state index in [9.17, 15) is 9.59 Å². The number of hydrogen-bond acceptors (Lipinski definition) is 7. The Kier molecular flexibility index (Phi) is 6.90. The molecule has 0 saturated carbocycles. The molecule has 1 aromatic heterocycles. The van der Waals surface area contributed by atoms with Crippen LogP contribution in [0.15, 0.2) is 57.9 Å². The Balaban J connectivity index is 1.29. The topological polar surface area (TPSA) is 85.5 Å². The summed E-state index contributed by atoms with van der Waals surface area (Å²) in [5.41, 5.74) is 2.87. The summed E-state index contributed by atoms with van der Waals surface area (Å²) >= 11 is 1.76. The summed E-state index contributed by atoms with van der Waals surface area (Å²) in [6, 6.07) is 15.6. The third-order valence-electron chi connectivity index (χ3n) is 5.22. The molecule has 8 heteroatoms. The van der Waals surface area contributed by atoms with Gasteiger partial charge in [-0.05, 0) is 25.5 Å². The molecule has 2 aromatic carbocycles. The van der Waals surface area contributed by atoms with Gasteiger partial charge in [0.2, 0.25) is 11.7 Å². The lowest BCUT2D eigenvalue weighted by molar-refractivity contribution is -0.147. The number of amides is 1. The monoisotopic (exact) mass is 451 g/mol. The molecule has 0 radical (unpaired) electrons. The summed E-state index contributed by atoms with van der Waals surface area (Å²) in [5.74, 6) is 0.144. The van der Waals surface area contributed by atoms with Crippen molar-refractivity contribution in [1.82, 2.24) is 10.1 Å². The van der Waals surface area contributed by atoms with Gasteiger partial charge in [0.1, 0.15) is 0 Å². The summed E-state index contributed by atoms with van der Waals surface area (Å²) in [6.45, 7) is 4.47. The van der Waals surface area contributed by atoms with Gasteiger partial charge in [-0.1, -0.05) is 54.0 Å². The molecule has 1 amide bonds. The second kappa shape index (κ2) is 9.99. The maximum absolute atomic E-state index is 12.8. The van der Waals surface area contributed by atoms with E-state index in [0.717, 1.165) is 28.1 Å². The number of aryl methyl sites for hydroxylation is 2. The molecular weight excluding hydrogens is 426 g/mol. The molecule has 0 N–H and O–H groups in total. The summed E-state index contributed by atoms with van der Waals surface area (Å²) in [4.78, 5) is 32.1. The Morgan fingerprint density at radius 3 is 2.78 bits per heavy atom. The van der Waals surface area contributed by atoms with Crippen LogP contribution in [0.1, 0.15) is 31.2 Å². The minimum Gasteiger partial charge on any atom is -0.456 e. The molecule has 0 aliphatic carbocycles. The number of carbonyl (C=O) groups excluding carboxylic acids is 2. The number of anilines is 1. The van der Waals surface area contributed by atoms with Gasteiger partial charge >= 0.3 is 5.97 Å². The average Bonchev–Trinajstić information content (AvgIpc) is 3.19. The largest absolute Gasteiger partial charge is 0.456 e. The van der Waals surface area contributed by atoms with E-state index < -0.39 is 5.97 Å². The van der Waals surface area contributed by atoms with Crippen LogP contribution in [-0.4, -0.2) is 40.4 Å². The Bertz CT molecular complexity index is 1100. The van der Waals surface area contributed by atoms with Gasteiger partial charge in [-0.2, -0.15) is 4.98 Å². The number of esters is 1. The fraction of sp³-hybridized carbons (Fsp3) is 0.333. The molecule has 4 rings (SSSR count). The highest BCUT2D eigenvalue weighted by atomic mass is 32.2. The zero-order valence-electron chi connectivity index (χ0n) is 18.1. The number of thioether (sulfide) groups is 1. The van der Waals surface area contributed by atoms with Crippen molar-refractivity contribution in [2.45, 2.75) is 43.3 Å². The minimum absolute atomic E-state index is 0.0618. The molecule has 0 saturated heterocycles. The van der Waals surface area contributed by atoms with Gasteiger partial charge in [-0.25, -0.2) is 0 Å². The number of para-hydroxylation sites is 1. The first kappa shape index (κ1) is 22.1. The SMILES string of the molecule is Cc1ccc(-c2noc(CCC(=O)OCC(=O)N3CCC(C)Sc4ccccc43)n2)cc1. The minimum atomic E-state index is -0.473. The van der Waals surface area contributed by atoms with Crippen molar-refractivity contribution in [2.75, 3.05) is 18.1 Å². The molecular formula is C24H25N3O4S. The summed E-state index contributed by atoms with van der Waals surface area (Å²) in [7, 11) is 0. The lowest BCUT2D eigenvalue weighted by Crippen LogP contribution is -2.35. The third-order valence-corrected chi connectivity index (χ3v) is 6.46. The summed E-state index contributed by atoms with van der Waals surface area (Å²) in [5, 5.41) is 4.38. The molecule has 0 bridgehead atoms. The van der Waals surface area contributed by atoms with Crippen LogP contribution >= 0.6 is 11.8 Å². The second-order valence-electron chi connectivity index (χ2n) is 7.77. The van der Waals surface area contributed by atoms with E-state index in [1.165, 1.54) is 0 Å². The molecule has 7 nitrogen and oxygen atoms in total. The molecule has 1 unspecified atom stereocenters. The standard InChI is InChI=1S/C24H25N3O4S/c1-16-7-9-18(10-8-16)24-25-21(31-26-24)11-12-23(29)30-15-22(28)27-14-13-17(2)32-20-6-4-3-5-19(20)27/h3-10,17H,11-15H2,1-2H3. The van der Waals surface area contributed by atoms with Crippen LogP contribution in [0.25, 0.3) is 11.4 Å². The third kappa shape index (κ3) is 5.37. The Hall–Kier alpha value is -3.13. The quantitative estimate of drug-likeness (QED) is 0.512. The van der Waals surface area contributed by atoms with Crippen LogP contribution in [-0.2, 0) is 20.7 Å². The van der Waals surface area contributed by atoms with Crippen molar-refractivity contribution in [3.05, 3.63) is 60.0 Å².